The van der Waals surface area contributed by atoms with Crippen LogP contribution in [0, 0.1) is 6.92 Å². The summed E-state index contributed by atoms with van der Waals surface area (Å²) in [4.78, 5) is 63.6. The maximum Gasteiger partial charge on any atom is 0.355 e. The SMILES string of the molecule is CC[C@H](O/N=C(\C(=O)N[C@@H]1C(=O)N2C(C(=O)OCc3ccc(OC)cc3)=C(CCl)CS(=O)[C@H]12)c1csc(C)n1)C(=O)OC(C)(C)C. The third-order valence-corrected chi connectivity index (χ3v) is 9.51. The lowest BCUT2D eigenvalue weighted by atomic mass is 10.0. The third kappa shape index (κ3) is 7.93. The second-order valence-corrected chi connectivity index (χ2v) is 14.2. The summed E-state index contributed by atoms with van der Waals surface area (Å²) in [6.07, 6.45) is -0.911. The van der Waals surface area contributed by atoms with E-state index in [1.54, 1.807) is 64.3 Å². The number of alkyl halides is 1. The van der Waals surface area contributed by atoms with Gasteiger partial charge in [0.2, 0.25) is 6.10 Å². The van der Waals surface area contributed by atoms with Crippen LogP contribution in [0.2, 0.25) is 0 Å². The lowest BCUT2D eigenvalue weighted by molar-refractivity contribution is -0.169. The van der Waals surface area contributed by atoms with E-state index in [1.165, 1.54) is 18.4 Å². The van der Waals surface area contributed by atoms with Gasteiger partial charge in [-0.2, -0.15) is 0 Å². The van der Waals surface area contributed by atoms with E-state index in [2.05, 4.69) is 15.5 Å². The zero-order chi connectivity index (χ0) is 33.8. The quantitative estimate of drug-likeness (QED) is 0.115. The number of aromatic nitrogens is 1. The number of carbonyl (C=O) groups is 4. The number of carbonyl (C=O) groups excluding carboxylic acids is 4. The largest absolute Gasteiger partial charge is 0.497 e. The summed E-state index contributed by atoms with van der Waals surface area (Å²) in [5.74, 6) is -2.62. The molecule has 0 spiro atoms. The van der Waals surface area contributed by atoms with Crippen LogP contribution in [0.5, 0.6) is 5.75 Å². The molecule has 4 atom stereocenters. The zero-order valence-corrected chi connectivity index (χ0v) is 28.5. The van der Waals surface area contributed by atoms with Crippen LogP contribution < -0.4 is 10.1 Å². The number of β-lactam (4-membered cyclic amide) rings is 1. The Morgan fingerprint density at radius 3 is 2.50 bits per heavy atom. The van der Waals surface area contributed by atoms with Gasteiger partial charge in [0, 0.05) is 11.3 Å². The lowest BCUT2D eigenvalue weighted by Gasteiger charge is -2.49. The van der Waals surface area contributed by atoms with Gasteiger partial charge in [-0.05, 0) is 57.4 Å². The zero-order valence-electron chi connectivity index (χ0n) is 26.2. The predicted molar refractivity (Wildman–Crippen MR) is 171 cm³/mol. The molecular weight excluding hydrogens is 660 g/mol. The average Bonchev–Trinajstić information content (AvgIpc) is 3.44. The van der Waals surface area contributed by atoms with Crippen molar-refractivity contribution in [2.24, 2.45) is 5.16 Å². The number of esters is 2. The molecule has 46 heavy (non-hydrogen) atoms. The Labute approximate surface area is 277 Å². The maximum absolute atomic E-state index is 13.5. The summed E-state index contributed by atoms with van der Waals surface area (Å²) in [6.45, 7) is 8.47. The Kier molecular flexibility index (Phi) is 11.2. The number of methoxy groups -OCH3 is 1. The van der Waals surface area contributed by atoms with Crippen LogP contribution in [0.15, 0.2) is 46.1 Å². The van der Waals surface area contributed by atoms with Crippen molar-refractivity contribution in [2.75, 3.05) is 18.7 Å². The molecule has 0 bridgehead atoms. The van der Waals surface area contributed by atoms with E-state index in [0.717, 1.165) is 4.90 Å². The first-order chi connectivity index (χ1) is 21.8. The Bertz CT molecular complexity index is 1580. The molecule has 1 fully saturated rings. The van der Waals surface area contributed by atoms with Crippen LogP contribution in [0.1, 0.15) is 50.4 Å². The molecular formula is C30H35ClN4O9S2. The summed E-state index contributed by atoms with van der Waals surface area (Å²) < 4.78 is 29.2. The number of aryl methyl sites for hydroxylation is 1. The number of amides is 2. The van der Waals surface area contributed by atoms with Crippen molar-refractivity contribution < 1.29 is 42.4 Å². The van der Waals surface area contributed by atoms with Gasteiger partial charge in [0.1, 0.15) is 40.8 Å². The minimum absolute atomic E-state index is 0.0905. The molecule has 1 unspecified atom stereocenters. The van der Waals surface area contributed by atoms with Crippen LogP contribution in [0.3, 0.4) is 0 Å². The Hall–Kier alpha value is -3.82. The number of nitrogens with one attached hydrogen (secondary N) is 1. The number of oxime groups is 1. The number of hydrogen-bond donors (Lipinski definition) is 1. The molecule has 0 saturated carbocycles. The first-order valence-electron chi connectivity index (χ1n) is 14.3. The fourth-order valence-electron chi connectivity index (χ4n) is 4.54. The van der Waals surface area contributed by atoms with E-state index in [4.69, 9.17) is 30.6 Å². The monoisotopic (exact) mass is 694 g/mol. The van der Waals surface area contributed by atoms with Crippen LogP contribution in [0.4, 0.5) is 0 Å². The van der Waals surface area contributed by atoms with E-state index in [1.807, 2.05) is 0 Å². The summed E-state index contributed by atoms with van der Waals surface area (Å²) in [7, 11) is -0.172. The molecule has 3 heterocycles. The number of nitrogens with zero attached hydrogens (tertiary/aromatic N) is 3. The number of hydrogen-bond acceptors (Lipinski definition) is 12. The first kappa shape index (κ1) is 35.0. The van der Waals surface area contributed by atoms with Gasteiger partial charge < -0.3 is 24.4 Å². The van der Waals surface area contributed by atoms with E-state index in [-0.39, 0.29) is 47.3 Å². The summed E-state index contributed by atoms with van der Waals surface area (Å²) in [6, 6.07) is 5.63. The average molecular weight is 695 g/mol. The molecule has 0 aliphatic carbocycles. The molecule has 248 valence electrons. The lowest BCUT2D eigenvalue weighted by Crippen LogP contribution is -2.74. The molecule has 1 saturated heterocycles. The molecule has 16 heteroatoms. The number of benzene rings is 1. The smallest absolute Gasteiger partial charge is 0.355 e. The molecule has 2 aliphatic heterocycles. The van der Waals surface area contributed by atoms with Crippen molar-refractivity contribution in [1.82, 2.24) is 15.2 Å². The van der Waals surface area contributed by atoms with Crippen molar-refractivity contribution >= 4 is 63.2 Å². The Morgan fingerprint density at radius 2 is 1.93 bits per heavy atom. The highest BCUT2D eigenvalue weighted by Crippen LogP contribution is 2.36. The molecule has 1 aromatic heterocycles. The molecule has 1 aromatic carbocycles. The standard InChI is InChI=1S/C30H35ClN4O9S2/c1-7-21(28(38)43-30(3,4)5)44-34-22(20-14-45-16(2)32-20)25(36)33-23-26(37)35-24(18(12-31)15-46(40)27(23)35)29(39)42-13-17-8-10-19(41-6)11-9-17/h8-11,14,21,23,27H,7,12-13,15H2,1-6H3,(H,33,36)/b34-22-/t21-,23+,27+,46?/m0/s1. The fraction of sp³-hybridized carbons (Fsp3) is 0.467. The molecule has 1 N–H and O–H groups in total. The molecule has 13 nitrogen and oxygen atoms in total. The van der Waals surface area contributed by atoms with Crippen molar-refractivity contribution in [3.63, 3.8) is 0 Å². The van der Waals surface area contributed by atoms with Crippen molar-refractivity contribution in [1.29, 1.82) is 0 Å². The summed E-state index contributed by atoms with van der Waals surface area (Å²) >= 11 is 7.35. The van der Waals surface area contributed by atoms with Crippen molar-refractivity contribution in [3.05, 3.63) is 57.2 Å². The highest BCUT2D eigenvalue weighted by Gasteiger charge is 2.57. The van der Waals surface area contributed by atoms with Gasteiger partial charge >= 0.3 is 11.9 Å². The maximum atomic E-state index is 13.5. The minimum Gasteiger partial charge on any atom is -0.497 e. The predicted octanol–water partition coefficient (Wildman–Crippen LogP) is 2.95. The van der Waals surface area contributed by atoms with Gasteiger partial charge in [0.05, 0.1) is 28.7 Å². The van der Waals surface area contributed by atoms with Crippen molar-refractivity contribution in [2.45, 2.75) is 70.8 Å². The van der Waals surface area contributed by atoms with Gasteiger partial charge in [-0.1, -0.05) is 24.2 Å². The highest BCUT2D eigenvalue weighted by molar-refractivity contribution is 7.86. The Balaban J connectivity index is 1.52. The number of fused-ring (bicyclic) bond motifs is 1. The molecule has 2 aliphatic rings. The van der Waals surface area contributed by atoms with Crippen LogP contribution >= 0.6 is 22.9 Å². The Morgan fingerprint density at radius 1 is 1.24 bits per heavy atom. The van der Waals surface area contributed by atoms with Gasteiger partial charge in [-0.3, -0.25) is 18.7 Å². The number of thiazole rings is 1. The summed E-state index contributed by atoms with van der Waals surface area (Å²) in [5, 5.41) is 7.67. The normalized spacial score (nSPS) is 20.3. The second kappa shape index (κ2) is 14.7. The van der Waals surface area contributed by atoms with E-state index >= 15 is 0 Å². The molecule has 2 aromatic rings. The highest BCUT2D eigenvalue weighted by atomic mass is 35.5. The van der Waals surface area contributed by atoms with E-state index in [0.29, 0.717) is 16.3 Å². The topological polar surface area (TPSA) is 163 Å². The molecule has 2 amide bonds. The number of halogens is 1. The fourth-order valence-corrected chi connectivity index (χ4v) is 7.15. The van der Waals surface area contributed by atoms with Crippen LogP contribution in [0.25, 0.3) is 0 Å². The van der Waals surface area contributed by atoms with Gasteiger partial charge in [-0.25, -0.2) is 14.6 Å². The number of ether oxygens (including phenoxy) is 3. The van der Waals surface area contributed by atoms with Crippen LogP contribution in [-0.4, -0.2) is 85.4 Å². The number of rotatable bonds is 12. The van der Waals surface area contributed by atoms with Gasteiger partial charge in [0.25, 0.3) is 11.8 Å². The molecule has 0 radical (unpaired) electrons. The first-order valence-corrected chi connectivity index (χ1v) is 17.1. The van der Waals surface area contributed by atoms with E-state index < -0.39 is 57.7 Å². The van der Waals surface area contributed by atoms with E-state index in [9.17, 15) is 23.4 Å². The van der Waals surface area contributed by atoms with Gasteiger partial charge in [-0.15, -0.1) is 22.9 Å². The summed E-state index contributed by atoms with van der Waals surface area (Å²) in [5.41, 5.74) is -0.0415. The third-order valence-electron chi connectivity index (χ3n) is 6.76. The molecule has 4 rings (SSSR count). The van der Waals surface area contributed by atoms with Crippen LogP contribution in [-0.2, 0) is 50.9 Å². The van der Waals surface area contributed by atoms with Crippen molar-refractivity contribution in [3.8, 4) is 5.75 Å². The minimum atomic E-state index is -1.71. The van der Waals surface area contributed by atoms with Gasteiger partial charge in [0.15, 0.2) is 5.71 Å². The second-order valence-electron chi connectivity index (χ2n) is 11.3.